The van der Waals surface area contributed by atoms with Gasteiger partial charge in [-0.05, 0) is 79.6 Å². The maximum absolute atomic E-state index is 14.4. The second kappa shape index (κ2) is 15.5. The van der Waals surface area contributed by atoms with Crippen LogP contribution in [0.1, 0.15) is 94.1 Å². The van der Waals surface area contributed by atoms with Crippen LogP contribution in [-0.2, 0) is 25.5 Å². The summed E-state index contributed by atoms with van der Waals surface area (Å²) in [5.74, 6) is -1.51. The monoisotopic (exact) mass is 666 g/mol. The molecule has 6 rings (SSSR count). The van der Waals surface area contributed by atoms with E-state index >= 15 is 0 Å². The topological polar surface area (TPSA) is 78.8 Å². The van der Waals surface area contributed by atoms with Gasteiger partial charge in [0.1, 0.15) is 5.82 Å². The summed E-state index contributed by atoms with van der Waals surface area (Å²) in [6.07, 6.45) is 5.70. The largest absolute Gasteiger partial charge is 0.466 e. The highest BCUT2D eigenvalue weighted by atomic mass is 19.1. The molecule has 8 heteroatoms. The molecule has 2 aliphatic rings. The van der Waals surface area contributed by atoms with Crippen molar-refractivity contribution in [1.29, 1.82) is 0 Å². The molecule has 1 saturated carbocycles. The van der Waals surface area contributed by atoms with Gasteiger partial charge in [0.05, 0.1) is 36.5 Å². The Balaban J connectivity index is 1.44. The second-order valence-electron chi connectivity index (χ2n) is 13.5. The number of ether oxygens (including phenoxy) is 3. The van der Waals surface area contributed by atoms with E-state index in [-0.39, 0.29) is 42.2 Å². The lowest BCUT2D eigenvalue weighted by Crippen LogP contribution is -2.50. The van der Waals surface area contributed by atoms with Crippen molar-refractivity contribution in [2.24, 2.45) is 0 Å². The van der Waals surface area contributed by atoms with E-state index in [1.165, 1.54) is 12.1 Å². The first-order valence-corrected chi connectivity index (χ1v) is 17.7. The van der Waals surface area contributed by atoms with E-state index in [1.54, 1.807) is 12.1 Å². The van der Waals surface area contributed by atoms with E-state index in [1.807, 2.05) is 67.6 Å². The molecule has 4 aromatic rings. The lowest BCUT2D eigenvalue weighted by Gasteiger charge is -2.46. The summed E-state index contributed by atoms with van der Waals surface area (Å²) < 4.78 is 35.2. The van der Waals surface area contributed by atoms with Gasteiger partial charge >= 0.3 is 5.97 Å². The number of carbonyl (C=O) groups is 2. The van der Waals surface area contributed by atoms with Crippen molar-refractivity contribution in [3.05, 3.63) is 102 Å². The Kier molecular flexibility index (Phi) is 11.0. The third kappa shape index (κ3) is 7.97. The number of amides is 1. The predicted octanol–water partition coefficient (Wildman–Crippen LogP) is 9.51. The molecule has 3 aromatic carbocycles. The minimum atomic E-state index is -0.703. The van der Waals surface area contributed by atoms with Crippen LogP contribution in [0.3, 0.4) is 0 Å². The van der Waals surface area contributed by atoms with Gasteiger partial charge in [-0.1, -0.05) is 68.8 Å². The molecule has 1 aromatic heterocycles. The normalized spacial score (nSPS) is 18.8. The number of anilines is 1. The summed E-state index contributed by atoms with van der Waals surface area (Å²) in [7, 11) is 0. The first kappa shape index (κ1) is 34.6. The minimum absolute atomic E-state index is 0.0231. The molecular weight excluding hydrogens is 619 g/mol. The number of rotatable bonds is 11. The number of hydrogen-bond acceptors (Lipinski definition) is 5. The molecule has 1 amide bonds. The highest BCUT2D eigenvalue weighted by Gasteiger charge is 2.44. The van der Waals surface area contributed by atoms with E-state index in [2.05, 4.69) is 23.7 Å². The molecule has 2 atom stereocenters. The van der Waals surface area contributed by atoms with E-state index in [0.717, 1.165) is 60.2 Å². The fourth-order valence-corrected chi connectivity index (χ4v) is 7.54. The fraction of sp³-hybridized carbons (Fsp3) is 0.415. The highest BCUT2D eigenvalue weighted by Crippen LogP contribution is 2.44. The van der Waals surface area contributed by atoms with Gasteiger partial charge in [0.25, 0.3) is 5.91 Å². The smallest absolute Gasteiger partial charge is 0.308 e. The first-order valence-electron chi connectivity index (χ1n) is 17.7. The number of nitrogens with zero attached hydrogens (tertiary/aromatic N) is 1. The average molecular weight is 667 g/mol. The van der Waals surface area contributed by atoms with Gasteiger partial charge < -0.3 is 24.1 Å². The van der Waals surface area contributed by atoms with E-state index in [4.69, 9.17) is 14.2 Å². The van der Waals surface area contributed by atoms with Crippen molar-refractivity contribution in [3.8, 4) is 22.4 Å². The van der Waals surface area contributed by atoms with E-state index < -0.39 is 5.79 Å². The van der Waals surface area contributed by atoms with Crippen LogP contribution in [0.2, 0.25) is 0 Å². The van der Waals surface area contributed by atoms with Crippen molar-refractivity contribution in [2.75, 3.05) is 11.9 Å². The molecule has 1 saturated heterocycles. The van der Waals surface area contributed by atoms with Crippen molar-refractivity contribution < 1.29 is 28.2 Å². The molecule has 0 bridgehead atoms. The number of carbonyl (C=O) groups excluding carboxylic acids is 2. The minimum Gasteiger partial charge on any atom is -0.466 e. The molecule has 1 N–H and O–H groups in total. The van der Waals surface area contributed by atoms with Crippen LogP contribution in [0.25, 0.3) is 22.4 Å². The van der Waals surface area contributed by atoms with Gasteiger partial charge in [0.2, 0.25) is 0 Å². The van der Waals surface area contributed by atoms with Gasteiger partial charge in [-0.25, -0.2) is 4.39 Å². The third-order valence-corrected chi connectivity index (χ3v) is 9.57. The molecular formula is C41H47FN2O5. The van der Waals surface area contributed by atoms with Crippen LogP contribution in [0.5, 0.6) is 0 Å². The number of para-hydroxylation sites is 1. The van der Waals surface area contributed by atoms with Crippen LogP contribution in [0.15, 0.2) is 84.9 Å². The van der Waals surface area contributed by atoms with E-state index in [9.17, 15) is 14.0 Å². The SMILES string of the molecule is CCOC(=O)C[C@H]1C[C@@H](CCn2c(-c3ccc(F)cc3)c(-c3ccccc3)c(C(=O)Nc3ccccc3)c2C(C)C)OC2(CCCCC2)O1. The molecule has 7 nitrogen and oxygen atoms in total. The van der Waals surface area contributed by atoms with Crippen LogP contribution in [-0.4, -0.2) is 41.0 Å². The van der Waals surface area contributed by atoms with Gasteiger partial charge in [0.15, 0.2) is 5.79 Å². The summed E-state index contributed by atoms with van der Waals surface area (Å²) in [4.78, 5) is 27.0. The summed E-state index contributed by atoms with van der Waals surface area (Å²) in [5, 5.41) is 3.15. The van der Waals surface area contributed by atoms with Gasteiger partial charge in [-0.3, -0.25) is 9.59 Å². The maximum atomic E-state index is 14.4. The first-order chi connectivity index (χ1) is 23.8. The molecule has 49 heavy (non-hydrogen) atoms. The van der Waals surface area contributed by atoms with Crippen molar-refractivity contribution in [3.63, 3.8) is 0 Å². The summed E-state index contributed by atoms with van der Waals surface area (Å²) >= 11 is 0. The maximum Gasteiger partial charge on any atom is 0.308 e. The van der Waals surface area contributed by atoms with Gasteiger partial charge in [0, 0.05) is 42.8 Å². The third-order valence-electron chi connectivity index (χ3n) is 9.57. The van der Waals surface area contributed by atoms with Crippen molar-refractivity contribution in [2.45, 2.75) is 103 Å². The molecule has 2 fully saturated rings. The number of nitrogens with one attached hydrogen (secondary N) is 1. The van der Waals surface area contributed by atoms with Crippen molar-refractivity contribution >= 4 is 17.6 Å². The number of esters is 1. The number of aromatic nitrogens is 1. The standard InChI is InChI=1S/C41H47FN2O5/c1-4-47-35(45)27-34-26-33(48-41(49-34)23-12-7-13-24-41)22-25-44-38(28(2)3)37(40(46)43-32-16-10-6-11-17-32)36(29-14-8-5-9-15-29)39(44)30-18-20-31(42)21-19-30/h5-6,8-11,14-21,28,33-34H,4,7,12-13,22-27H2,1-3H3,(H,43,46)/t33-,34-/m1/s1. The Morgan fingerprint density at radius 3 is 2.20 bits per heavy atom. The number of benzene rings is 3. The Bertz CT molecular complexity index is 1710. The number of hydrogen-bond donors (Lipinski definition) is 1. The molecule has 2 heterocycles. The quantitative estimate of drug-likeness (QED) is 0.161. The molecule has 258 valence electrons. The summed E-state index contributed by atoms with van der Waals surface area (Å²) in [5.41, 5.74) is 5.59. The molecule has 1 aliphatic heterocycles. The lowest BCUT2D eigenvalue weighted by molar-refractivity contribution is -0.329. The van der Waals surface area contributed by atoms with Crippen LogP contribution < -0.4 is 5.32 Å². The Morgan fingerprint density at radius 2 is 1.55 bits per heavy atom. The van der Waals surface area contributed by atoms with Crippen LogP contribution >= 0.6 is 0 Å². The molecule has 0 unspecified atom stereocenters. The zero-order valence-electron chi connectivity index (χ0n) is 28.8. The predicted molar refractivity (Wildman–Crippen MR) is 190 cm³/mol. The fourth-order valence-electron chi connectivity index (χ4n) is 7.54. The summed E-state index contributed by atoms with van der Waals surface area (Å²) in [6, 6.07) is 25.9. The molecule has 0 radical (unpaired) electrons. The van der Waals surface area contributed by atoms with Crippen LogP contribution in [0, 0.1) is 5.82 Å². The van der Waals surface area contributed by atoms with Crippen molar-refractivity contribution in [1.82, 2.24) is 4.57 Å². The van der Waals surface area contributed by atoms with Gasteiger partial charge in [-0.2, -0.15) is 0 Å². The molecule has 1 spiro atoms. The van der Waals surface area contributed by atoms with Crippen LogP contribution in [0.4, 0.5) is 10.1 Å². The Morgan fingerprint density at radius 1 is 0.898 bits per heavy atom. The molecule has 1 aliphatic carbocycles. The second-order valence-corrected chi connectivity index (χ2v) is 13.5. The Labute approximate surface area is 288 Å². The van der Waals surface area contributed by atoms with E-state index in [0.29, 0.717) is 37.2 Å². The highest BCUT2D eigenvalue weighted by molar-refractivity contribution is 6.12. The average Bonchev–Trinajstić information content (AvgIpc) is 3.44. The lowest BCUT2D eigenvalue weighted by atomic mass is 9.91. The zero-order valence-corrected chi connectivity index (χ0v) is 28.8. The summed E-state index contributed by atoms with van der Waals surface area (Å²) in [6.45, 7) is 6.90. The van der Waals surface area contributed by atoms with Gasteiger partial charge in [-0.15, -0.1) is 0 Å². The number of halogens is 1. The Hall–Kier alpha value is -4.27. The zero-order chi connectivity index (χ0) is 34.4.